The molecule has 12 heavy (non-hydrogen) atoms. The van der Waals surface area contributed by atoms with Crippen LogP contribution in [-0.2, 0) is 9.53 Å². The van der Waals surface area contributed by atoms with Crippen LogP contribution in [0, 0.1) is 0 Å². The van der Waals surface area contributed by atoms with Crippen LogP contribution in [-0.4, -0.2) is 42.8 Å². The number of nitrogens with zero attached hydrogens (tertiary/aromatic N) is 1. The maximum atomic E-state index is 10.6. The molecule has 0 aromatic heterocycles. The van der Waals surface area contributed by atoms with E-state index in [0.717, 1.165) is 0 Å². The second-order valence-electron chi connectivity index (χ2n) is 2.63. The largest absolute Gasteiger partial charge is 0.466 e. The number of methoxy groups -OCH3 is 1. The Morgan fingerprint density at radius 2 is 2.33 bits per heavy atom. The Morgan fingerprint density at radius 3 is 2.75 bits per heavy atom. The SMILES string of the molecule is COC(=O)C=CN(C)CC(C)O. The topological polar surface area (TPSA) is 49.8 Å². The average Bonchev–Trinajstić information content (AvgIpc) is 1.99. The third kappa shape index (κ3) is 5.73. The summed E-state index contributed by atoms with van der Waals surface area (Å²) in [6, 6.07) is 0. The van der Waals surface area contributed by atoms with E-state index in [1.807, 2.05) is 0 Å². The van der Waals surface area contributed by atoms with Gasteiger partial charge in [-0.25, -0.2) is 4.79 Å². The van der Waals surface area contributed by atoms with Crippen molar-refractivity contribution in [2.24, 2.45) is 0 Å². The van der Waals surface area contributed by atoms with Crippen molar-refractivity contribution in [2.75, 3.05) is 20.7 Å². The minimum atomic E-state index is -0.405. The Hall–Kier alpha value is -1.03. The lowest BCUT2D eigenvalue weighted by Gasteiger charge is -2.14. The van der Waals surface area contributed by atoms with E-state index in [4.69, 9.17) is 5.11 Å². The molecule has 0 bridgehead atoms. The normalized spacial score (nSPS) is 13.0. The molecule has 4 nitrogen and oxygen atoms in total. The number of likely N-dealkylation sites (N-methyl/N-ethyl adjacent to an activating group) is 1. The molecule has 0 amide bonds. The molecule has 0 saturated carbocycles. The zero-order chi connectivity index (χ0) is 9.56. The summed E-state index contributed by atoms with van der Waals surface area (Å²) >= 11 is 0. The zero-order valence-electron chi connectivity index (χ0n) is 7.65. The Bertz CT molecular complexity index is 166. The van der Waals surface area contributed by atoms with Crippen LogP contribution in [0.1, 0.15) is 6.92 Å². The quantitative estimate of drug-likeness (QED) is 0.479. The van der Waals surface area contributed by atoms with Gasteiger partial charge in [0.1, 0.15) is 0 Å². The average molecular weight is 173 g/mol. The number of carbonyl (C=O) groups excluding carboxylic acids is 1. The standard InChI is InChI=1S/C8H15NO3/c1-7(10)6-9(2)5-4-8(11)12-3/h4-5,7,10H,6H2,1-3H3. The molecule has 4 heteroatoms. The summed E-state index contributed by atoms with van der Waals surface area (Å²) in [5.74, 6) is -0.396. The summed E-state index contributed by atoms with van der Waals surface area (Å²) in [4.78, 5) is 12.3. The number of rotatable bonds is 4. The van der Waals surface area contributed by atoms with Crippen molar-refractivity contribution in [3.63, 3.8) is 0 Å². The fraction of sp³-hybridized carbons (Fsp3) is 0.625. The summed E-state index contributed by atoms with van der Waals surface area (Å²) in [6.07, 6.45) is 2.47. The van der Waals surface area contributed by atoms with Crippen LogP contribution in [0.2, 0.25) is 0 Å². The van der Waals surface area contributed by atoms with Crippen molar-refractivity contribution in [3.05, 3.63) is 12.3 Å². The summed E-state index contributed by atoms with van der Waals surface area (Å²) in [5.41, 5.74) is 0. The van der Waals surface area contributed by atoms with Gasteiger partial charge in [-0.3, -0.25) is 0 Å². The van der Waals surface area contributed by atoms with Gasteiger partial charge < -0.3 is 14.7 Å². The number of aliphatic hydroxyl groups is 1. The van der Waals surface area contributed by atoms with E-state index in [0.29, 0.717) is 6.54 Å². The fourth-order valence-electron chi connectivity index (χ4n) is 0.734. The molecule has 0 heterocycles. The van der Waals surface area contributed by atoms with Gasteiger partial charge in [0.05, 0.1) is 13.2 Å². The number of ether oxygens (including phenoxy) is 1. The summed E-state index contributed by atoms with van der Waals surface area (Å²) in [5, 5.41) is 8.95. The van der Waals surface area contributed by atoms with Gasteiger partial charge in [-0.05, 0) is 6.92 Å². The second kappa shape index (κ2) is 5.60. The molecule has 70 valence electrons. The van der Waals surface area contributed by atoms with Crippen molar-refractivity contribution >= 4 is 5.97 Å². The predicted molar refractivity (Wildman–Crippen MR) is 45.5 cm³/mol. The fourth-order valence-corrected chi connectivity index (χ4v) is 0.734. The van der Waals surface area contributed by atoms with E-state index in [-0.39, 0.29) is 0 Å². The first kappa shape index (κ1) is 11.0. The van der Waals surface area contributed by atoms with Crippen LogP contribution in [0.5, 0.6) is 0 Å². The van der Waals surface area contributed by atoms with E-state index >= 15 is 0 Å². The van der Waals surface area contributed by atoms with Crippen LogP contribution < -0.4 is 0 Å². The molecule has 0 saturated heterocycles. The Morgan fingerprint density at radius 1 is 1.75 bits per heavy atom. The lowest BCUT2D eigenvalue weighted by molar-refractivity contribution is -0.134. The number of hydrogen-bond acceptors (Lipinski definition) is 4. The van der Waals surface area contributed by atoms with E-state index in [2.05, 4.69) is 4.74 Å². The van der Waals surface area contributed by atoms with E-state index in [9.17, 15) is 4.79 Å². The highest BCUT2D eigenvalue weighted by Crippen LogP contribution is 1.89. The maximum Gasteiger partial charge on any atom is 0.331 e. The molecule has 0 aliphatic heterocycles. The molecule has 0 radical (unpaired) electrons. The summed E-state index contributed by atoms with van der Waals surface area (Å²) in [6.45, 7) is 2.18. The smallest absolute Gasteiger partial charge is 0.331 e. The minimum absolute atomic E-state index is 0.396. The molecule has 0 aliphatic rings. The molecule has 0 rings (SSSR count). The van der Waals surface area contributed by atoms with E-state index in [1.54, 1.807) is 25.1 Å². The van der Waals surface area contributed by atoms with Crippen molar-refractivity contribution in [1.29, 1.82) is 0 Å². The molecule has 1 unspecified atom stereocenters. The highest BCUT2D eigenvalue weighted by atomic mass is 16.5. The van der Waals surface area contributed by atoms with Crippen LogP contribution in [0.25, 0.3) is 0 Å². The van der Waals surface area contributed by atoms with Crippen LogP contribution in [0.4, 0.5) is 0 Å². The number of aliphatic hydroxyl groups excluding tert-OH is 1. The van der Waals surface area contributed by atoms with E-state index in [1.165, 1.54) is 13.2 Å². The first-order chi connectivity index (χ1) is 5.56. The molecular weight excluding hydrogens is 158 g/mol. The third-order valence-electron chi connectivity index (χ3n) is 1.22. The molecule has 0 spiro atoms. The first-order valence-corrected chi connectivity index (χ1v) is 3.70. The zero-order valence-corrected chi connectivity index (χ0v) is 7.65. The molecule has 0 fully saturated rings. The maximum absolute atomic E-state index is 10.6. The highest BCUT2D eigenvalue weighted by Gasteiger charge is 1.98. The van der Waals surface area contributed by atoms with Crippen LogP contribution >= 0.6 is 0 Å². The molecule has 1 atom stereocenters. The minimum Gasteiger partial charge on any atom is -0.466 e. The highest BCUT2D eigenvalue weighted by molar-refractivity contribution is 5.81. The van der Waals surface area contributed by atoms with Gasteiger partial charge in [-0.2, -0.15) is 0 Å². The van der Waals surface area contributed by atoms with Gasteiger partial charge in [0.15, 0.2) is 0 Å². The van der Waals surface area contributed by atoms with Gasteiger partial charge in [0.2, 0.25) is 0 Å². The van der Waals surface area contributed by atoms with Gasteiger partial charge in [-0.15, -0.1) is 0 Å². The van der Waals surface area contributed by atoms with Gasteiger partial charge in [0, 0.05) is 25.9 Å². The number of esters is 1. The predicted octanol–water partition coefficient (Wildman–Crippen LogP) is -0.0143. The number of carbonyl (C=O) groups is 1. The molecule has 0 aliphatic carbocycles. The monoisotopic (exact) mass is 173 g/mol. The van der Waals surface area contributed by atoms with Crippen molar-refractivity contribution in [2.45, 2.75) is 13.0 Å². The van der Waals surface area contributed by atoms with Crippen LogP contribution in [0.15, 0.2) is 12.3 Å². The van der Waals surface area contributed by atoms with Crippen molar-refractivity contribution < 1.29 is 14.6 Å². The Balaban J connectivity index is 3.74. The molecular formula is C8H15NO3. The van der Waals surface area contributed by atoms with E-state index < -0.39 is 12.1 Å². The van der Waals surface area contributed by atoms with Gasteiger partial charge in [-0.1, -0.05) is 0 Å². The van der Waals surface area contributed by atoms with Crippen LogP contribution in [0.3, 0.4) is 0 Å². The second-order valence-corrected chi connectivity index (χ2v) is 2.63. The third-order valence-corrected chi connectivity index (χ3v) is 1.22. The Labute approximate surface area is 72.4 Å². The summed E-state index contributed by atoms with van der Waals surface area (Å²) < 4.78 is 4.39. The lowest BCUT2D eigenvalue weighted by atomic mass is 10.4. The molecule has 0 aromatic rings. The molecule has 1 N–H and O–H groups in total. The molecule has 0 aromatic carbocycles. The first-order valence-electron chi connectivity index (χ1n) is 3.70. The van der Waals surface area contributed by atoms with Gasteiger partial charge in [0.25, 0.3) is 0 Å². The Kier molecular flexibility index (Phi) is 5.12. The van der Waals surface area contributed by atoms with Crippen molar-refractivity contribution in [1.82, 2.24) is 4.90 Å². The lowest BCUT2D eigenvalue weighted by Crippen LogP contribution is -2.22. The number of hydrogen-bond donors (Lipinski definition) is 1. The summed E-state index contributed by atoms with van der Waals surface area (Å²) in [7, 11) is 3.09. The van der Waals surface area contributed by atoms with Crippen molar-refractivity contribution in [3.8, 4) is 0 Å². The van der Waals surface area contributed by atoms with Gasteiger partial charge >= 0.3 is 5.97 Å².